The molecule has 0 N–H and O–H groups in total. The summed E-state index contributed by atoms with van der Waals surface area (Å²) in [6.45, 7) is 0. The maximum Gasteiger partial charge on any atom is 1.00 e. The minimum absolute atomic E-state index is 0. The molecule has 5 nitrogen and oxygen atoms in total. The molecule has 0 aliphatic carbocycles. The summed E-state index contributed by atoms with van der Waals surface area (Å²) in [6.07, 6.45) is 1.90. The van der Waals surface area contributed by atoms with E-state index in [2.05, 4.69) is 0 Å². The summed E-state index contributed by atoms with van der Waals surface area (Å²) in [5, 5.41) is 10.7. The molecule has 0 atom stereocenters. The van der Waals surface area contributed by atoms with E-state index in [1.165, 1.54) is 6.20 Å². The van der Waals surface area contributed by atoms with Crippen molar-refractivity contribution in [3.63, 3.8) is 0 Å². The average molecular weight is 239 g/mol. The second-order valence-corrected chi connectivity index (χ2v) is 3.18. The number of aromatic carboxylic acids is 1. The van der Waals surface area contributed by atoms with Crippen LogP contribution in [0.1, 0.15) is 20.7 Å². The summed E-state index contributed by atoms with van der Waals surface area (Å²) >= 11 is 0. The summed E-state index contributed by atoms with van der Waals surface area (Å²) in [5.41, 5.74) is -0.723. The van der Waals surface area contributed by atoms with Gasteiger partial charge in [-0.25, -0.2) is 0 Å². The number of aromatic nitrogens is 1. The molecule has 6 heteroatoms. The Bertz CT molecular complexity index is 647. The number of pyridine rings is 2. The number of nitrogens with zero attached hydrogens (tertiary/aromatic N) is 1. The molecule has 0 aliphatic heterocycles. The number of carboxylic acid groups (broad SMARTS) is 1. The zero-order valence-electron chi connectivity index (χ0n) is 9.04. The minimum Gasteiger partial charge on any atom is -0.545 e. The van der Waals surface area contributed by atoms with Crippen molar-refractivity contribution in [1.82, 2.24) is 4.40 Å². The average Bonchev–Trinajstić information content (AvgIpc) is 2.29. The molecule has 0 saturated heterocycles. The van der Waals surface area contributed by atoms with E-state index in [1.54, 1.807) is 18.2 Å². The monoisotopic (exact) mass is 239 g/mol. The Labute approximate surface area is 118 Å². The van der Waals surface area contributed by atoms with Gasteiger partial charge in [-0.15, -0.1) is 0 Å². The number of carbonyl (C=O) groups is 2. The molecule has 0 saturated carbocycles. The standard InChI is InChI=1S/C11H7NO4.Na/c13-6-7-5-8(11(15)16)10(14)12-4-2-1-3-9(7)12;/h1-6H,(H,15,16);/q;+1/p-1. The number of carboxylic acids is 1. The predicted octanol–water partition coefficient (Wildman–Crippen LogP) is -3.52. The van der Waals surface area contributed by atoms with Crippen molar-refractivity contribution in [2.24, 2.45) is 0 Å². The fourth-order valence-electron chi connectivity index (χ4n) is 1.52. The number of hydrogen-bond donors (Lipinski definition) is 0. The van der Waals surface area contributed by atoms with E-state index in [1.807, 2.05) is 0 Å². The summed E-state index contributed by atoms with van der Waals surface area (Å²) in [4.78, 5) is 33.1. The van der Waals surface area contributed by atoms with Crippen LogP contribution < -0.4 is 40.2 Å². The van der Waals surface area contributed by atoms with E-state index in [9.17, 15) is 19.5 Å². The molecule has 0 aromatic carbocycles. The number of hydrogen-bond acceptors (Lipinski definition) is 4. The first-order valence-electron chi connectivity index (χ1n) is 4.46. The molecule has 0 spiro atoms. The van der Waals surface area contributed by atoms with Crippen LogP contribution in [0.3, 0.4) is 0 Å². The van der Waals surface area contributed by atoms with Crippen LogP contribution in [0.2, 0.25) is 0 Å². The van der Waals surface area contributed by atoms with Crippen LogP contribution >= 0.6 is 0 Å². The topological polar surface area (TPSA) is 78.7 Å². The van der Waals surface area contributed by atoms with Gasteiger partial charge in [-0.05, 0) is 18.2 Å². The van der Waals surface area contributed by atoms with E-state index in [4.69, 9.17) is 0 Å². The van der Waals surface area contributed by atoms with Crippen LogP contribution in [0.5, 0.6) is 0 Å². The van der Waals surface area contributed by atoms with Gasteiger partial charge < -0.3 is 9.90 Å². The van der Waals surface area contributed by atoms with Crippen molar-refractivity contribution in [3.8, 4) is 0 Å². The van der Waals surface area contributed by atoms with Crippen LogP contribution in [0.15, 0.2) is 35.3 Å². The Morgan fingerprint density at radius 1 is 1.35 bits per heavy atom. The van der Waals surface area contributed by atoms with Crippen molar-refractivity contribution in [2.45, 2.75) is 0 Å². The van der Waals surface area contributed by atoms with Gasteiger partial charge in [0, 0.05) is 11.8 Å². The Morgan fingerprint density at radius 2 is 2.06 bits per heavy atom. The fourth-order valence-corrected chi connectivity index (χ4v) is 1.52. The second kappa shape index (κ2) is 5.27. The van der Waals surface area contributed by atoms with Crippen molar-refractivity contribution in [1.29, 1.82) is 0 Å². The Kier molecular flexibility index (Phi) is 4.22. The third-order valence-electron chi connectivity index (χ3n) is 2.25. The minimum atomic E-state index is -1.59. The second-order valence-electron chi connectivity index (χ2n) is 3.18. The van der Waals surface area contributed by atoms with E-state index < -0.39 is 17.1 Å². The molecule has 0 unspecified atom stereocenters. The van der Waals surface area contributed by atoms with Gasteiger partial charge in [-0.3, -0.25) is 14.0 Å². The number of fused-ring (bicyclic) bond motifs is 1. The zero-order chi connectivity index (χ0) is 11.7. The van der Waals surface area contributed by atoms with Crippen LogP contribution in [0.25, 0.3) is 5.52 Å². The van der Waals surface area contributed by atoms with Gasteiger partial charge in [0.1, 0.15) is 0 Å². The molecule has 2 aromatic heterocycles. The van der Waals surface area contributed by atoms with Crippen molar-refractivity contribution >= 4 is 17.8 Å². The predicted molar refractivity (Wildman–Crippen MR) is 53.4 cm³/mol. The quantitative estimate of drug-likeness (QED) is 0.402. The molecule has 0 aliphatic rings. The number of rotatable bonds is 2. The maximum atomic E-state index is 11.7. The summed E-state index contributed by atoms with van der Waals surface area (Å²) in [6, 6.07) is 5.81. The normalized spacial score (nSPS) is 9.65. The fraction of sp³-hybridized carbons (Fsp3) is 0. The van der Waals surface area contributed by atoms with Crippen molar-refractivity contribution in [3.05, 3.63) is 51.9 Å². The first kappa shape index (κ1) is 13.6. The van der Waals surface area contributed by atoms with Crippen LogP contribution in [-0.4, -0.2) is 16.7 Å². The van der Waals surface area contributed by atoms with Crippen LogP contribution in [0.4, 0.5) is 0 Å². The molecule has 80 valence electrons. The third-order valence-corrected chi connectivity index (χ3v) is 2.25. The Morgan fingerprint density at radius 3 is 2.65 bits per heavy atom. The van der Waals surface area contributed by atoms with Gasteiger partial charge >= 0.3 is 29.6 Å². The number of carbonyl (C=O) groups excluding carboxylic acids is 2. The smallest absolute Gasteiger partial charge is 0.545 e. The first-order chi connectivity index (χ1) is 7.65. The Hall–Kier alpha value is -1.43. The molecule has 2 rings (SSSR count). The molecule has 2 aromatic rings. The molecule has 0 amide bonds. The zero-order valence-corrected chi connectivity index (χ0v) is 11.0. The molecular weight excluding hydrogens is 233 g/mol. The van der Waals surface area contributed by atoms with Gasteiger partial charge in [0.2, 0.25) is 0 Å². The first-order valence-corrected chi connectivity index (χ1v) is 4.46. The van der Waals surface area contributed by atoms with Crippen molar-refractivity contribution in [2.75, 3.05) is 0 Å². The Balaban J connectivity index is 0.00000144. The molecule has 0 radical (unpaired) electrons. The van der Waals surface area contributed by atoms with E-state index in [-0.39, 0.29) is 35.1 Å². The van der Waals surface area contributed by atoms with Gasteiger partial charge in [0.15, 0.2) is 6.29 Å². The van der Waals surface area contributed by atoms with E-state index in [0.717, 1.165) is 10.5 Å². The molecule has 17 heavy (non-hydrogen) atoms. The SMILES string of the molecule is O=Cc1cc(C(=O)[O-])c(=O)n2ccccc12.[Na+]. The molecular formula is C11H6NNaO4. The van der Waals surface area contributed by atoms with Crippen LogP contribution in [-0.2, 0) is 0 Å². The molecule has 2 heterocycles. The van der Waals surface area contributed by atoms with E-state index in [0.29, 0.717) is 11.8 Å². The van der Waals surface area contributed by atoms with Gasteiger partial charge in [0.25, 0.3) is 5.56 Å². The summed E-state index contributed by atoms with van der Waals surface area (Å²) < 4.78 is 1.11. The van der Waals surface area contributed by atoms with Crippen LogP contribution in [0, 0.1) is 0 Å². The van der Waals surface area contributed by atoms with E-state index >= 15 is 0 Å². The third kappa shape index (κ3) is 2.31. The maximum absolute atomic E-state index is 11.7. The summed E-state index contributed by atoms with van der Waals surface area (Å²) in [5.74, 6) is -1.59. The van der Waals surface area contributed by atoms with Crippen molar-refractivity contribution < 1.29 is 44.3 Å². The molecule has 0 bridgehead atoms. The largest absolute Gasteiger partial charge is 1.00 e. The van der Waals surface area contributed by atoms with Gasteiger partial charge in [0.05, 0.1) is 17.0 Å². The van der Waals surface area contributed by atoms with Gasteiger partial charge in [-0.1, -0.05) is 6.07 Å². The van der Waals surface area contributed by atoms with Gasteiger partial charge in [-0.2, -0.15) is 0 Å². The molecule has 0 fully saturated rings. The summed E-state index contributed by atoms with van der Waals surface area (Å²) in [7, 11) is 0. The number of aldehydes is 1.